The molecule has 0 fully saturated rings. The van der Waals surface area contributed by atoms with Gasteiger partial charge in [-0.2, -0.15) is 5.26 Å². The molecule has 1 heterocycles. The fourth-order valence-corrected chi connectivity index (χ4v) is 2.74. The van der Waals surface area contributed by atoms with Crippen molar-refractivity contribution >= 4 is 16.3 Å². The number of hydrogen-bond acceptors (Lipinski definition) is 6. The van der Waals surface area contributed by atoms with Crippen LogP contribution in [0, 0.1) is 21.4 Å². The number of thiophene rings is 1. The van der Waals surface area contributed by atoms with Crippen LogP contribution in [0.3, 0.4) is 0 Å². The fraction of sp³-hybridized carbons (Fsp3) is 0.615. The maximum Gasteiger partial charge on any atom is 0.324 e. The molecule has 110 valence electrons. The zero-order valence-electron chi connectivity index (χ0n) is 11.8. The zero-order chi connectivity index (χ0) is 15.0. The van der Waals surface area contributed by atoms with E-state index in [0.717, 1.165) is 43.9 Å². The van der Waals surface area contributed by atoms with E-state index in [-0.39, 0.29) is 5.00 Å². The number of nitro groups is 1. The number of nitriles is 1. The summed E-state index contributed by atoms with van der Waals surface area (Å²) in [6.45, 7) is 8.01. The van der Waals surface area contributed by atoms with E-state index < -0.39 is 11.0 Å². The first-order valence-corrected chi connectivity index (χ1v) is 7.53. The highest BCUT2D eigenvalue weighted by molar-refractivity contribution is 7.15. The number of nitrogens with zero attached hydrogens (tertiary/aromatic N) is 3. The molecule has 0 saturated heterocycles. The normalized spacial score (nSPS) is 12.3. The smallest absolute Gasteiger partial charge is 0.304 e. The third-order valence-corrected chi connectivity index (χ3v) is 4.20. The van der Waals surface area contributed by atoms with Crippen LogP contribution in [0.2, 0.25) is 0 Å². The third kappa shape index (κ3) is 4.89. The van der Waals surface area contributed by atoms with Crippen LogP contribution in [-0.2, 0) is 0 Å². The molecule has 0 aromatic carbocycles. The van der Waals surface area contributed by atoms with Gasteiger partial charge >= 0.3 is 5.00 Å². The molecule has 1 aromatic rings. The minimum atomic E-state index is -0.467. The van der Waals surface area contributed by atoms with Gasteiger partial charge in [0.2, 0.25) is 0 Å². The van der Waals surface area contributed by atoms with Gasteiger partial charge in [0.15, 0.2) is 0 Å². The molecule has 6 nitrogen and oxygen atoms in total. The van der Waals surface area contributed by atoms with Gasteiger partial charge in [0.1, 0.15) is 6.04 Å². The van der Waals surface area contributed by atoms with E-state index in [9.17, 15) is 10.1 Å². The summed E-state index contributed by atoms with van der Waals surface area (Å²) in [6.07, 6.45) is 0.952. The van der Waals surface area contributed by atoms with E-state index in [0.29, 0.717) is 4.88 Å². The van der Waals surface area contributed by atoms with Crippen LogP contribution in [0.25, 0.3) is 0 Å². The molecule has 0 saturated carbocycles. The fourth-order valence-electron chi connectivity index (χ4n) is 1.89. The summed E-state index contributed by atoms with van der Waals surface area (Å²) in [5, 5.41) is 23.0. The lowest BCUT2D eigenvalue weighted by Crippen LogP contribution is -2.28. The Balaban J connectivity index is 2.43. The second-order valence-corrected chi connectivity index (χ2v) is 5.42. The van der Waals surface area contributed by atoms with Gasteiger partial charge in [0.05, 0.1) is 11.0 Å². The molecule has 20 heavy (non-hydrogen) atoms. The lowest BCUT2D eigenvalue weighted by Gasteiger charge is -2.18. The van der Waals surface area contributed by atoms with E-state index in [1.54, 1.807) is 6.07 Å². The topological polar surface area (TPSA) is 82.2 Å². The SMILES string of the molecule is CCN(CC)CCCNC(C#N)c1ccc([N+](=O)[O-])s1. The molecule has 1 rings (SSSR count). The predicted octanol–water partition coefficient (Wildman–Crippen LogP) is 2.54. The molecule has 0 aliphatic rings. The van der Waals surface area contributed by atoms with Crippen molar-refractivity contribution in [3.63, 3.8) is 0 Å². The Morgan fingerprint density at radius 2 is 2.20 bits per heavy atom. The largest absolute Gasteiger partial charge is 0.324 e. The quantitative estimate of drug-likeness (QED) is 0.430. The summed E-state index contributed by atoms with van der Waals surface area (Å²) in [4.78, 5) is 13.2. The minimum Gasteiger partial charge on any atom is -0.304 e. The Bertz CT molecular complexity index is 465. The summed E-state index contributed by atoms with van der Waals surface area (Å²) in [5.41, 5.74) is 0. The van der Waals surface area contributed by atoms with E-state index in [4.69, 9.17) is 5.26 Å². The van der Waals surface area contributed by atoms with Gasteiger partial charge in [-0.1, -0.05) is 25.2 Å². The second kappa shape index (κ2) is 8.64. The number of hydrogen-bond donors (Lipinski definition) is 1. The Morgan fingerprint density at radius 1 is 1.50 bits per heavy atom. The van der Waals surface area contributed by atoms with Crippen LogP contribution >= 0.6 is 11.3 Å². The van der Waals surface area contributed by atoms with Crippen molar-refractivity contribution in [2.45, 2.75) is 26.3 Å². The zero-order valence-corrected chi connectivity index (χ0v) is 12.7. The maximum atomic E-state index is 10.6. The Hall–Kier alpha value is -1.49. The van der Waals surface area contributed by atoms with Gasteiger partial charge in [0.25, 0.3) is 0 Å². The molecular weight excluding hydrogens is 276 g/mol. The van der Waals surface area contributed by atoms with Crippen LogP contribution in [-0.4, -0.2) is 36.0 Å². The summed E-state index contributed by atoms with van der Waals surface area (Å²) >= 11 is 1.05. The van der Waals surface area contributed by atoms with Crippen molar-refractivity contribution < 1.29 is 4.92 Å². The summed E-state index contributed by atoms with van der Waals surface area (Å²) < 4.78 is 0. The Kier molecular flexibility index (Phi) is 7.15. The van der Waals surface area contributed by atoms with Crippen LogP contribution in [0.4, 0.5) is 5.00 Å². The van der Waals surface area contributed by atoms with Crippen molar-refractivity contribution in [1.82, 2.24) is 10.2 Å². The van der Waals surface area contributed by atoms with Gasteiger partial charge in [0, 0.05) is 10.9 Å². The molecule has 0 aliphatic carbocycles. The molecule has 7 heteroatoms. The average Bonchev–Trinajstić information content (AvgIpc) is 2.93. The molecular formula is C13H20N4O2S. The van der Waals surface area contributed by atoms with Gasteiger partial charge in [-0.3, -0.25) is 15.4 Å². The molecule has 1 N–H and O–H groups in total. The highest BCUT2D eigenvalue weighted by Crippen LogP contribution is 2.28. The maximum absolute atomic E-state index is 10.6. The van der Waals surface area contributed by atoms with Crippen molar-refractivity contribution in [3.05, 3.63) is 27.1 Å². The summed E-state index contributed by atoms with van der Waals surface area (Å²) in [6, 6.07) is 4.78. The van der Waals surface area contributed by atoms with Crippen LogP contribution < -0.4 is 5.32 Å². The first-order valence-electron chi connectivity index (χ1n) is 6.71. The van der Waals surface area contributed by atoms with Gasteiger partial charge < -0.3 is 4.90 Å². The monoisotopic (exact) mass is 296 g/mol. The lowest BCUT2D eigenvalue weighted by atomic mass is 10.2. The minimum absolute atomic E-state index is 0.0743. The second-order valence-electron chi connectivity index (χ2n) is 4.33. The van der Waals surface area contributed by atoms with Crippen LogP contribution in [0.1, 0.15) is 31.2 Å². The van der Waals surface area contributed by atoms with Gasteiger partial charge in [-0.25, -0.2) is 0 Å². The first-order chi connectivity index (χ1) is 9.62. The Labute approximate surface area is 123 Å². The standard InChI is InChI=1S/C13H20N4O2S/c1-3-16(4-2)9-5-8-15-11(10-14)12-6-7-13(20-12)17(18)19/h6-7,11,15H,3-5,8-9H2,1-2H3. The van der Waals surface area contributed by atoms with Crippen molar-refractivity contribution in [1.29, 1.82) is 5.26 Å². The van der Waals surface area contributed by atoms with Crippen LogP contribution in [0.5, 0.6) is 0 Å². The molecule has 0 aliphatic heterocycles. The lowest BCUT2D eigenvalue weighted by molar-refractivity contribution is -0.380. The molecule has 0 amide bonds. The van der Waals surface area contributed by atoms with E-state index >= 15 is 0 Å². The van der Waals surface area contributed by atoms with Crippen molar-refractivity contribution in [2.75, 3.05) is 26.2 Å². The van der Waals surface area contributed by atoms with E-state index in [1.165, 1.54) is 6.07 Å². The summed E-state index contributed by atoms with van der Waals surface area (Å²) in [5.74, 6) is 0. The van der Waals surface area contributed by atoms with Gasteiger partial charge in [-0.05, 0) is 38.7 Å². The van der Waals surface area contributed by atoms with E-state index in [2.05, 4.69) is 30.1 Å². The third-order valence-electron chi connectivity index (χ3n) is 3.10. The molecule has 1 unspecified atom stereocenters. The van der Waals surface area contributed by atoms with Crippen molar-refractivity contribution in [3.8, 4) is 6.07 Å². The highest BCUT2D eigenvalue weighted by Gasteiger charge is 2.17. The molecule has 1 aromatic heterocycles. The van der Waals surface area contributed by atoms with Crippen LogP contribution in [0.15, 0.2) is 12.1 Å². The highest BCUT2D eigenvalue weighted by atomic mass is 32.1. The predicted molar refractivity (Wildman–Crippen MR) is 79.7 cm³/mol. The molecule has 0 bridgehead atoms. The summed E-state index contributed by atoms with van der Waals surface area (Å²) in [7, 11) is 0. The Morgan fingerprint density at radius 3 is 2.70 bits per heavy atom. The first kappa shape index (κ1) is 16.6. The molecule has 1 atom stereocenters. The average molecular weight is 296 g/mol. The molecule has 0 spiro atoms. The number of rotatable bonds is 9. The number of nitrogens with one attached hydrogen (secondary N) is 1. The van der Waals surface area contributed by atoms with Crippen molar-refractivity contribution in [2.24, 2.45) is 0 Å². The van der Waals surface area contributed by atoms with Gasteiger partial charge in [-0.15, -0.1) is 0 Å². The van der Waals surface area contributed by atoms with E-state index in [1.807, 2.05) is 0 Å². The molecule has 0 radical (unpaired) electrons.